The molecule has 0 unspecified atom stereocenters. The van der Waals surface area contributed by atoms with Crippen LogP contribution in [0.25, 0.3) is 77.3 Å². The summed E-state index contributed by atoms with van der Waals surface area (Å²) in [5.41, 5.74) is 14.1. The molecular weight excluding hydrogens is 621 g/mol. The number of hydrogen-bond donors (Lipinski definition) is 0. The van der Waals surface area contributed by atoms with Crippen LogP contribution >= 0.6 is 0 Å². The largest absolute Gasteiger partial charge is 0.456 e. The molecule has 0 radical (unpaired) electrons. The van der Waals surface area contributed by atoms with E-state index in [1.54, 1.807) is 0 Å². The Kier molecular flexibility index (Phi) is 6.65. The molecule has 0 bridgehead atoms. The van der Waals surface area contributed by atoms with E-state index in [1.165, 1.54) is 27.4 Å². The van der Waals surface area contributed by atoms with Crippen molar-refractivity contribution in [1.29, 1.82) is 0 Å². The standard InChI is InChI=1S/C48H32N2O/c1-32-13-10-11-28-49(36-14-4-2-5-15-36)43-25-23-35(31-40(32)43)38-19-12-21-47-48(38)42-30-34(24-27-46(42)51-47)33-22-26-45-41(29-33)39-18-8-9-20-44(39)50(45)37-16-6-3-7-17-37/h2-31H,1H2/b13-10-,28-11-. The first-order chi connectivity index (χ1) is 25.2. The van der Waals surface area contributed by atoms with Crippen LogP contribution in [0.4, 0.5) is 11.4 Å². The lowest BCUT2D eigenvalue weighted by Crippen LogP contribution is -2.11. The maximum atomic E-state index is 6.48. The minimum absolute atomic E-state index is 0.875. The monoisotopic (exact) mass is 652 g/mol. The Bertz CT molecular complexity index is 2870. The molecule has 2 aromatic heterocycles. The molecule has 0 spiro atoms. The molecule has 1 aliphatic rings. The average Bonchev–Trinajstić information content (AvgIpc) is 3.73. The summed E-state index contributed by atoms with van der Waals surface area (Å²) in [7, 11) is 0. The van der Waals surface area contributed by atoms with E-state index in [0.29, 0.717) is 0 Å². The average molecular weight is 653 g/mol. The summed E-state index contributed by atoms with van der Waals surface area (Å²) in [6, 6.07) is 56.2. The summed E-state index contributed by atoms with van der Waals surface area (Å²) >= 11 is 0. The van der Waals surface area contributed by atoms with Gasteiger partial charge in [0.2, 0.25) is 0 Å². The fraction of sp³-hybridized carbons (Fsp3) is 0. The summed E-state index contributed by atoms with van der Waals surface area (Å²) in [5.74, 6) is 0. The molecule has 1 aliphatic heterocycles. The molecule has 0 N–H and O–H groups in total. The number of rotatable bonds is 4. The molecule has 3 heterocycles. The maximum Gasteiger partial charge on any atom is 0.136 e. The Hall–Kier alpha value is -6.84. The zero-order valence-corrected chi connectivity index (χ0v) is 27.8. The van der Waals surface area contributed by atoms with Crippen LogP contribution in [-0.4, -0.2) is 4.57 Å². The van der Waals surface area contributed by atoms with Gasteiger partial charge in [0.15, 0.2) is 0 Å². The van der Waals surface area contributed by atoms with Crippen molar-refractivity contribution in [2.45, 2.75) is 0 Å². The smallest absolute Gasteiger partial charge is 0.136 e. The van der Waals surface area contributed by atoms with Gasteiger partial charge in [-0.15, -0.1) is 0 Å². The van der Waals surface area contributed by atoms with Gasteiger partial charge in [-0.3, -0.25) is 0 Å². The van der Waals surface area contributed by atoms with Crippen LogP contribution in [0.15, 0.2) is 193 Å². The molecule has 0 saturated carbocycles. The van der Waals surface area contributed by atoms with Gasteiger partial charge in [-0.2, -0.15) is 0 Å². The SMILES string of the molecule is C=C1/C=C\C=C/N(c2ccccc2)c2ccc(-c3cccc4oc5ccc(-c6ccc7c(c6)c6ccccc6n7-c6ccccc6)cc5c34)cc21. The molecule has 3 nitrogen and oxygen atoms in total. The van der Waals surface area contributed by atoms with E-state index in [-0.39, 0.29) is 0 Å². The van der Waals surface area contributed by atoms with Crippen molar-refractivity contribution < 1.29 is 4.42 Å². The number of fused-ring (bicyclic) bond motifs is 7. The molecule has 51 heavy (non-hydrogen) atoms. The summed E-state index contributed by atoms with van der Waals surface area (Å²) in [4.78, 5) is 2.22. The van der Waals surface area contributed by atoms with E-state index in [4.69, 9.17) is 4.42 Å². The van der Waals surface area contributed by atoms with Gasteiger partial charge in [-0.25, -0.2) is 0 Å². The van der Waals surface area contributed by atoms with Gasteiger partial charge in [-0.05, 0) is 107 Å². The quantitative estimate of drug-likeness (QED) is 0.189. The molecule has 10 rings (SSSR count). The number of para-hydroxylation sites is 3. The Morgan fingerprint density at radius 1 is 0.471 bits per heavy atom. The molecule has 9 aromatic rings. The minimum atomic E-state index is 0.875. The first-order valence-electron chi connectivity index (χ1n) is 17.3. The van der Waals surface area contributed by atoms with Crippen LogP contribution in [0.1, 0.15) is 5.56 Å². The van der Waals surface area contributed by atoms with Gasteiger partial charge in [0, 0.05) is 44.7 Å². The predicted octanol–water partition coefficient (Wildman–Crippen LogP) is 13.3. The Morgan fingerprint density at radius 3 is 2.02 bits per heavy atom. The van der Waals surface area contributed by atoms with Gasteiger partial charge in [0.05, 0.1) is 16.7 Å². The first kappa shape index (κ1) is 29.1. The van der Waals surface area contributed by atoms with E-state index in [1.807, 2.05) is 6.07 Å². The lowest BCUT2D eigenvalue weighted by molar-refractivity contribution is 0.669. The van der Waals surface area contributed by atoms with Gasteiger partial charge >= 0.3 is 0 Å². The summed E-state index contributed by atoms with van der Waals surface area (Å²) in [5, 5.41) is 4.69. The number of allylic oxidation sites excluding steroid dienone is 4. The normalized spacial score (nSPS) is 14.2. The third-order valence-electron chi connectivity index (χ3n) is 10.1. The van der Waals surface area contributed by atoms with Gasteiger partial charge in [0.1, 0.15) is 11.2 Å². The van der Waals surface area contributed by atoms with Crippen molar-refractivity contribution >= 4 is 60.7 Å². The van der Waals surface area contributed by atoms with Crippen LogP contribution in [0, 0.1) is 0 Å². The van der Waals surface area contributed by atoms with E-state index in [0.717, 1.165) is 66.8 Å². The third kappa shape index (κ3) is 4.74. The molecule has 7 aromatic carbocycles. The molecular formula is C48H32N2O. The molecule has 0 aliphatic carbocycles. The highest BCUT2D eigenvalue weighted by atomic mass is 16.3. The highest BCUT2D eigenvalue weighted by Gasteiger charge is 2.19. The molecule has 240 valence electrons. The number of furan rings is 1. The van der Waals surface area contributed by atoms with Crippen molar-refractivity contribution in [2.24, 2.45) is 0 Å². The van der Waals surface area contributed by atoms with Crippen LogP contribution in [0.2, 0.25) is 0 Å². The van der Waals surface area contributed by atoms with Crippen LogP contribution in [-0.2, 0) is 0 Å². The molecule has 0 fully saturated rings. The predicted molar refractivity (Wildman–Crippen MR) is 215 cm³/mol. The Balaban J connectivity index is 1.12. The second-order valence-electron chi connectivity index (χ2n) is 13.1. The van der Waals surface area contributed by atoms with Gasteiger partial charge in [0.25, 0.3) is 0 Å². The number of anilines is 2. The van der Waals surface area contributed by atoms with Crippen molar-refractivity contribution in [3.05, 3.63) is 194 Å². The van der Waals surface area contributed by atoms with Gasteiger partial charge < -0.3 is 13.9 Å². The molecule has 0 saturated heterocycles. The van der Waals surface area contributed by atoms with E-state index in [9.17, 15) is 0 Å². The fourth-order valence-corrected chi connectivity index (χ4v) is 7.72. The second-order valence-corrected chi connectivity index (χ2v) is 13.1. The zero-order valence-electron chi connectivity index (χ0n) is 27.8. The topological polar surface area (TPSA) is 21.3 Å². The van der Waals surface area contributed by atoms with Crippen molar-refractivity contribution in [2.75, 3.05) is 4.90 Å². The van der Waals surface area contributed by atoms with Crippen LogP contribution in [0.3, 0.4) is 0 Å². The number of hydrogen-bond acceptors (Lipinski definition) is 2. The highest BCUT2D eigenvalue weighted by Crippen LogP contribution is 2.42. The maximum absolute atomic E-state index is 6.48. The van der Waals surface area contributed by atoms with Crippen molar-refractivity contribution in [3.63, 3.8) is 0 Å². The van der Waals surface area contributed by atoms with Crippen LogP contribution in [0.5, 0.6) is 0 Å². The second kappa shape index (κ2) is 11.6. The van der Waals surface area contributed by atoms with Crippen molar-refractivity contribution in [3.8, 4) is 27.9 Å². The van der Waals surface area contributed by atoms with E-state index >= 15 is 0 Å². The molecule has 3 heteroatoms. The van der Waals surface area contributed by atoms with E-state index in [2.05, 4.69) is 192 Å². The molecule has 0 amide bonds. The summed E-state index contributed by atoms with van der Waals surface area (Å²) < 4.78 is 8.84. The molecule has 0 atom stereocenters. The third-order valence-corrected chi connectivity index (χ3v) is 10.1. The lowest BCUT2D eigenvalue weighted by Gasteiger charge is -2.25. The number of nitrogens with zero attached hydrogens (tertiary/aromatic N) is 2. The van der Waals surface area contributed by atoms with Gasteiger partial charge in [-0.1, -0.05) is 104 Å². The van der Waals surface area contributed by atoms with Crippen molar-refractivity contribution in [1.82, 2.24) is 4.57 Å². The lowest BCUT2D eigenvalue weighted by atomic mass is 9.93. The summed E-state index contributed by atoms with van der Waals surface area (Å²) in [6.45, 7) is 4.46. The highest BCUT2D eigenvalue weighted by molar-refractivity contribution is 6.14. The Morgan fingerprint density at radius 2 is 1.18 bits per heavy atom. The number of aromatic nitrogens is 1. The van der Waals surface area contributed by atoms with Crippen LogP contribution < -0.4 is 4.90 Å². The number of benzene rings is 7. The minimum Gasteiger partial charge on any atom is -0.456 e. The first-order valence-corrected chi connectivity index (χ1v) is 17.3. The Labute approximate surface area is 295 Å². The summed E-state index contributed by atoms with van der Waals surface area (Å²) in [6.07, 6.45) is 8.30. The van der Waals surface area contributed by atoms with E-state index < -0.39 is 0 Å². The fourth-order valence-electron chi connectivity index (χ4n) is 7.72. The zero-order chi connectivity index (χ0) is 33.9.